The fourth-order valence-corrected chi connectivity index (χ4v) is 4.32. The Kier molecular flexibility index (Phi) is 5.65. The molecule has 0 fully saturated rings. The lowest BCUT2D eigenvalue weighted by atomic mass is 9.87. The average molecular weight is 333 g/mol. The first-order valence-electron chi connectivity index (χ1n) is 7.81. The largest absolute Gasteiger partial charge is 0.0835 e. The third-order valence-electron chi connectivity index (χ3n) is 4.20. The summed E-state index contributed by atoms with van der Waals surface area (Å²) in [4.78, 5) is 0.466. The van der Waals surface area contributed by atoms with E-state index >= 15 is 0 Å². The number of benzene rings is 2. The molecule has 2 aromatic carbocycles. The van der Waals surface area contributed by atoms with E-state index in [-0.39, 0.29) is 0 Å². The van der Waals surface area contributed by atoms with Gasteiger partial charge < -0.3 is 0 Å². The van der Waals surface area contributed by atoms with E-state index in [0.29, 0.717) is 4.83 Å². The zero-order valence-corrected chi connectivity index (χ0v) is 14.4. The molecule has 0 aromatic heterocycles. The van der Waals surface area contributed by atoms with Crippen molar-refractivity contribution in [1.29, 1.82) is 0 Å². The van der Waals surface area contributed by atoms with Crippen LogP contribution in [0.4, 0.5) is 0 Å². The Bertz CT molecular complexity index is 553. The second-order valence-electron chi connectivity index (χ2n) is 5.76. The van der Waals surface area contributed by atoms with Gasteiger partial charge in [-0.1, -0.05) is 79.0 Å². The molecule has 2 aromatic rings. The van der Waals surface area contributed by atoms with Crippen LogP contribution in [0.1, 0.15) is 55.5 Å². The normalized spacial score (nSPS) is 13.1. The molecule has 1 heteroatoms. The van der Waals surface area contributed by atoms with Gasteiger partial charge in [0.05, 0.1) is 0 Å². The lowest BCUT2D eigenvalue weighted by Crippen LogP contribution is -2.09. The molecule has 0 spiro atoms. The number of rotatable bonds is 6. The van der Waals surface area contributed by atoms with Gasteiger partial charge in [0.1, 0.15) is 0 Å². The van der Waals surface area contributed by atoms with Crippen LogP contribution < -0.4 is 0 Å². The summed E-state index contributed by atoms with van der Waals surface area (Å²) >= 11 is 4.03. The molecule has 0 saturated heterocycles. The Morgan fingerprint density at radius 3 is 2.25 bits per heavy atom. The summed E-state index contributed by atoms with van der Waals surface area (Å²) in [5.74, 6) is 0.731. The monoisotopic (exact) mass is 332 g/mol. The lowest BCUT2D eigenvalue weighted by Gasteiger charge is -2.25. The van der Waals surface area contributed by atoms with Crippen LogP contribution in [0, 0.1) is 12.8 Å². The Morgan fingerprint density at radius 1 is 0.950 bits per heavy atom. The van der Waals surface area contributed by atoms with Crippen molar-refractivity contribution in [3.05, 3.63) is 47.5 Å². The standard InChI is InChI=1S/C19H25Br/c1-4-8-16(9-5-2)19(20)18-14(3)12-13-15-10-6-7-11-17(15)18/h6-7,10-13,16,19H,4-5,8-9H2,1-3H3. The first-order valence-corrected chi connectivity index (χ1v) is 8.72. The fraction of sp³-hybridized carbons (Fsp3) is 0.474. The van der Waals surface area contributed by atoms with E-state index in [9.17, 15) is 0 Å². The number of hydrogen-bond donors (Lipinski definition) is 0. The minimum absolute atomic E-state index is 0.466. The van der Waals surface area contributed by atoms with Gasteiger partial charge in [0.2, 0.25) is 0 Å². The predicted molar refractivity (Wildman–Crippen MR) is 93.7 cm³/mol. The van der Waals surface area contributed by atoms with E-state index in [1.807, 2.05) is 0 Å². The van der Waals surface area contributed by atoms with Gasteiger partial charge in [-0.3, -0.25) is 0 Å². The zero-order chi connectivity index (χ0) is 14.5. The highest BCUT2D eigenvalue weighted by atomic mass is 79.9. The summed E-state index contributed by atoms with van der Waals surface area (Å²) in [6.07, 6.45) is 5.12. The maximum atomic E-state index is 4.03. The van der Waals surface area contributed by atoms with Crippen molar-refractivity contribution in [2.75, 3.05) is 0 Å². The summed E-state index contributed by atoms with van der Waals surface area (Å²) in [7, 11) is 0. The molecule has 0 aliphatic heterocycles. The molecule has 0 saturated carbocycles. The van der Waals surface area contributed by atoms with Gasteiger partial charge >= 0.3 is 0 Å². The molecule has 0 nitrogen and oxygen atoms in total. The highest BCUT2D eigenvalue weighted by Crippen LogP contribution is 2.41. The number of halogens is 1. The van der Waals surface area contributed by atoms with Gasteiger partial charge in [-0.2, -0.15) is 0 Å². The molecule has 2 rings (SSSR count). The lowest BCUT2D eigenvalue weighted by molar-refractivity contribution is 0.435. The first kappa shape index (κ1) is 15.6. The third kappa shape index (κ3) is 3.25. The molecule has 0 radical (unpaired) electrons. The molecular formula is C19H25Br. The SMILES string of the molecule is CCCC(CCC)C(Br)c1c(C)ccc2ccccc12. The third-order valence-corrected chi connectivity index (χ3v) is 5.40. The highest BCUT2D eigenvalue weighted by Gasteiger charge is 2.22. The van der Waals surface area contributed by atoms with Crippen molar-refractivity contribution < 1.29 is 0 Å². The molecule has 108 valence electrons. The van der Waals surface area contributed by atoms with Gasteiger partial charge in [0, 0.05) is 4.83 Å². The van der Waals surface area contributed by atoms with Crippen molar-refractivity contribution >= 4 is 26.7 Å². The van der Waals surface area contributed by atoms with Crippen molar-refractivity contribution in [3.63, 3.8) is 0 Å². The van der Waals surface area contributed by atoms with Crippen LogP contribution in [0.2, 0.25) is 0 Å². The van der Waals surface area contributed by atoms with Gasteiger partial charge in [-0.05, 0) is 47.6 Å². The number of alkyl halides is 1. The van der Waals surface area contributed by atoms with E-state index < -0.39 is 0 Å². The second-order valence-corrected chi connectivity index (χ2v) is 6.74. The molecule has 0 heterocycles. The predicted octanol–water partition coefficient (Wildman–Crippen LogP) is 6.80. The quantitative estimate of drug-likeness (QED) is 0.510. The van der Waals surface area contributed by atoms with E-state index in [2.05, 4.69) is 73.1 Å². The van der Waals surface area contributed by atoms with Crippen LogP contribution in [-0.4, -0.2) is 0 Å². The van der Waals surface area contributed by atoms with Crippen LogP contribution in [0.3, 0.4) is 0 Å². The molecule has 0 aliphatic carbocycles. The Labute approximate surface area is 131 Å². The van der Waals surface area contributed by atoms with Crippen LogP contribution in [0.15, 0.2) is 36.4 Å². The van der Waals surface area contributed by atoms with E-state index in [0.717, 1.165) is 5.92 Å². The molecule has 20 heavy (non-hydrogen) atoms. The van der Waals surface area contributed by atoms with Crippen LogP contribution in [0.5, 0.6) is 0 Å². The highest BCUT2D eigenvalue weighted by molar-refractivity contribution is 9.09. The maximum absolute atomic E-state index is 4.03. The van der Waals surface area contributed by atoms with Crippen molar-refractivity contribution in [3.8, 4) is 0 Å². The first-order chi connectivity index (χ1) is 9.69. The van der Waals surface area contributed by atoms with Gasteiger partial charge in [-0.25, -0.2) is 0 Å². The molecule has 0 bridgehead atoms. The molecule has 0 aliphatic rings. The van der Waals surface area contributed by atoms with Crippen LogP contribution in [-0.2, 0) is 0 Å². The van der Waals surface area contributed by atoms with Crippen LogP contribution >= 0.6 is 15.9 Å². The van der Waals surface area contributed by atoms with Gasteiger partial charge in [0.15, 0.2) is 0 Å². The zero-order valence-electron chi connectivity index (χ0n) is 12.8. The Morgan fingerprint density at radius 2 is 1.60 bits per heavy atom. The summed E-state index contributed by atoms with van der Waals surface area (Å²) in [6.45, 7) is 6.82. The molecule has 1 atom stereocenters. The molecule has 1 unspecified atom stereocenters. The average Bonchev–Trinajstić information content (AvgIpc) is 2.46. The minimum Gasteiger partial charge on any atom is -0.0835 e. The maximum Gasteiger partial charge on any atom is 0.0432 e. The van der Waals surface area contributed by atoms with Crippen molar-refractivity contribution in [2.45, 2.75) is 51.3 Å². The fourth-order valence-electron chi connectivity index (χ4n) is 3.18. The molecule has 0 N–H and O–H groups in total. The van der Waals surface area contributed by atoms with Crippen molar-refractivity contribution in [1.82, 2.24) is 0 Å². The Hall–Kier alpha value is -0.820. The second kappa shape index (κ2) is 7.26. The molecular weight excluding hydrogens is 308 g/mol. The van der Waals surface area contributed by atoms with E-state index in [1.54, 1.807) is 0 Å². The van der Waals surface area contributed by atoms with Crippen LogP contribution in [0.25, 0.3) is 10.8 Å². The van der Waals surface area contributed by atoms with Gasteiger partial charge in [0.25, 0.3) is 0 Å². The smallest absolute Gasteiger partial charge is 0.0432 e. The molecule has 0 amide bonds. The summed E-state index contributed by atoms with van der Waals surface area (Å²) in [5.41, 5.74) is 2.90. The number of aryl methyl sites for hydroxylation is 1. The minimum atomic E-state index is 0.466. The summed E-state index contributed by atoms with van der Waals surface area (Å²) in [5, 5.41) is 2.76. The van der Waals surface area contributed by atoms with Gasteiger partial charge in [-0.15, -0.1) is 0 Å². The summed E-state index contributed by atoms with van der Waals surface area (Å²) < 4.78 is 0. The topological polar surface area (TPSA) is 0 Å². The van der Waals surface area contributed by atoms with E-state index in [1.165, 1.54) is 47.6 Å². The van der Waals surface area contributed by atoms with E-state index in [4.69, 9.17) is 0 Å². The van der Waals surface area contributed by atoms with Crippen molar-refractivity contribution in [2.24, 2.45) is 5.92 Å². The summed E-state index contributed by atoms with van der Waals surface area (Å²) in [6, 6.07) is 13.3. The number of hydrogen-bond acceptors (Lipinski definition) is 0. The number of fused-ring (bicyclic) bond motifs is 1. The Balaban J connectivity index is 2.46.